The molecule has 3 rings (SSSR count). The zero-order valence-electron chi connectivity index (χ0n) is 12.7. The molecule has 1 aromatic heterocycles. The number of nitrogens with zero attached hydrogens (tertiary/aromatic N) is 2. The molecule has 4 nitrogen and oxygen atoms in total. The lowest BCUT2D eigenvalue weighted by Crippen LogP contribution is -2.34. The van der Waals surface area contributed by atoms with Crippen LogP contribution in [0.3, 0.4) is 0 Å². The van der Waals surface area contributed by atoms with Crippen molar-refractivity contribution in [1.29, 1.82) is 0 Å². The van der Waals surface area contributed by atoms with Crippen LogP contribution >= 0.6 is 0 Å². The van der Waals surface area contributed by atoms with Crippen molar-refractivity contribution < 1.29 is 9.53 Å². The number of ether oxygens (including phenoxy) is 1. The Morgan fingerprint density at radius 1 is 1.40 bits per heavy atom. The number of hydrogen-bond donors (Lipinski definition) is 0. The fourth-order valence-electron chi connectivity index (χ4n) is 4.12. The molecule has 2 aliphatic rings. The summed E-state index contributed by atoms with van der Waals surface area (Å²) in [6, 6.07) is 0. The summed E-state index contributed by atoms with van der Waals surface area (Å²) >= 11 is 0. The van der Waals surface area contributed by atoms with E-state index in [-0.39, 0.29) is 5.60 Å². The summed E-state index contributed by atoms with van der Waals surface area (Å²) in [7, 11) is 1.93. The second-order valence-electron chi connectivity index (χ2n) is 7.31. The lowest BCUT2D eigenvalue weighted by atomic mass is 9.72. The van der Waals surface area contributed by atoms with E-state index >= 15 is 0 Å². The van der Waals surface area contributed by atoms with Gasteiger partial charge < -0.3 is 4.74 Å². The second-order valence-corrected chi connectivity index (χ2v) is 7.31. The van der Waals surface area contributed by atoms with Crippen molar-refractivity contribution in [1.82, 2.24) is 9.78 Å². The summed E-state index contributed by atoms with van der Waals surface area (Å²) in [6.45, 7) is 5.46. The average Bonchev–Trinajstić information content (AvgIpc) is 2.92. The van der Waals surface area contributed by atoms with Crippen molar-refractivity contribution in [2.24, 2.45) is 12.5 Å². The zero-order chi connectivity index (χ0) is 14.4. The third kappa shape index (κ3) is 2.30. The first-order valence-electron chi connectivity index (χ1n) is 7.56. The van der Waals surface area contributed by atoms with Gasteiger partial charge in [-0.1, -0.05) is 13.8 Å². The highest BCUT2D eigenvalue weighted by Gasteiger charge is 2.46. The molecule has 1 aliphatic heterocycles. The highest BCUT2D eigenvalue weighted by Crippen LogP contribution is 2.49. The van der Waals surface area contributed by atoms with Crippen molar-refractivity contribution in [2.75, 3.05) is 6.61 Å². The Hall–Kier alpha value is -1.16. The van der Waals surface area contributed by atoms with E-state index in [4.69, 9.17) is 4.74 Å². The maximum atomic E-state index is 11.1. The molecule has 2 fully saturated rings. The topological polar surface area (TPSA) is 44.1 Å². The van der Waals surface area contributed by atoms with Crippen LogP contribution in [0.4, 0.5) is 0 Å². The van der Waals surface area contributed by atoms with Crippen molar-refractivity contribution >= 4 is 6.29 Å². The standard InChI is InChI=1S/C16H24N2O2/c1-15(2)10-16(20-11-15)6-4-12(5-7-16)14-13(9-19)8-17-18(14)3/h8-9,12H,4-7,10-11H2,1-3H3. The van der Waals surface area contributed by atoms with Gasteiger partial charge in [-0.05, 0) is 37.5 Å². The Bertz CT molecular complexity index is 511. The van der Waals surface area contributed by atoms with E-state index in [1.807, 2.05) is 11.7 Å². The van der Waals surface area contributed by atoms with Crippen LogP contribution in [0.5, 0.6) is 0 Å². The van der Waals surface area contributed by atoms with Crippen LogP contribution in [0.2, 0.25) is 0 Å². The first-order valence-corrected chi connectivity index (χ1v) is 7.56. The first-order chi connectivity index (χ1) is 9.45. The summed E-state index contributed by atoms with van der Waals surface area (Å²) in [6.07, 6.45) is 8.17. The first kappa shape index (κ1) is 13.8. The number of hydrogen-bond acceptors (Lipinski definition) is 3. The molecule has 1 spiro atoms. The number of aldehydes is 1. The summed E-state index contributed by atoms with van der Waals surface area (Å²) in [5, 5.41) is 4.23. The van der Waals surface area contributed by atoms with E-state index in [0.29, 0.717) is 11.3 Å². The van der Waals surface area contributed by atoms with Crippen LogP contribution in [0, 0.1) is 5.41 Å². The molecule has 0 N–H and O–H groups in total. The maximum absolute atomic E-state index is 11.1. The average molecular weight is 276 g/mol. The smallest absolute Gasteiger partial charge is 0.153 e. The lowest BCUT2D eigenvalue weighted by molar-refractivity contribution is -0.0297. The van der Waals surface area contributed by atoms with Crippen LogP contribution in [0.15, 0.2) is 6.20 Å². The number of carbonyl (C=O) groups excluding carboxylic acids is 1. The van der Waals surface area contributed by atoms with Crippen molar-refractivity contribution in [3.05, 3.63) is 17.5 Å². The molecule has 0 radical (unpaired) electrons. The minimum absolute atomic E-state index is 0.0972. The van der Waals surface area contributed by atoms with Gasteiger partial charge in [0.25, 0.3) is 0 Å². The molecular formula is C16H24N2O2. The number of carbonyl (C=O) groups is 1. The van der Waals surface area contributed by atoms with Gasteiger partial charge in [-0.25, -0.2) is 0 Å². The van der Waals surface area contributed by atoms with Gasteiger partial charge in [0, 0.05) is 13.0 Å². The second kappa shape index (κ2) is 4.69. The Balaban J connectivity index is 1.73. The van der Waals surface area contributed by atoms with Crippen LogP contribution in [-0.2, 0) is 11.8 Å². The molecule has 0 amide bonds. The Morgan fingerprint density at radius 2 is 2.10 bits per heavy atom. The minimum atomic E-state index is 0.0972. The van der Waals surface area contributed by atoms with Gasteiger partial charge in [-0.2, -0.15) is 5.10 Å². The molecule has 0 atom stereocenters. The van der Waals surface area contributed by atoms with Crippen LogP contribution in [0.1, 0.15) is 67.9 Å². The molecule has 4 heteroatoms. The Labute approximate surface area is 120 Å². The number of aryl methyl sites for hydroxylation is 1. The van der Waals surface area contributed by atoms with E-state index < -0.39 is 0 Å². The van der Waals surface area contributed by atoms with Gasteiger partial charge in [-0.3, -0.25) is 9.48 Å². The monoisotopic (exact) mass is 276 g/mol. The number of aromatic nitrogens is 2. The predicted molar refractivity (Wildman–Crippen MR) is 76.9 cm³/mol. The molecule has 1 aliphatic carbocycles. The van der Waals surface area contributed by atoms with Crippen molar-refractivity contribution in [3.8, 4) is 0 Å². The van der Waals surface area contributed by atoms with Gasteiger partial charge in [0.1, 0.15) is 0 Å². The van der Waals surface area contributed by atoms with E-state index in [2.05, 4.69) is 18.9 Å². The van der Waals surface area contributed by atoms with Gasteiger partial charge >= 0.3 is 0 Å². The largest absolute Gasteiger partial charge is 0.374 e. The predicted octanol–water partition coefficient (Wildman–Crippen LogP) is 3.08. The third-order valence-corrected chi connectivity index (χ3v) is 4.99. The van der Waals surface area contributed by atoms with Crippen LogP contribution in [-0.4, -0.2) is 28.3 Å². The molecule has 1 aromatic rings. The zero-order valence-corrected chi connectivity index (χ0v) is 12.7. The molecule has 0 unspecified atom stereocenters. The van der Waals surface area contributed by atoms with Crippen molar-refractivity contribution in [2.45, 2.75) is 57.5 Å². The number of rotatable bonds is 2. The fourth-order valence-corrected chi connectivity index (χ4v) is 4.12. The molecule has 0 aromatic carbocycles. The molecule has 0 bridgehead atoms. The molecule has 1 saturated heterocycles. The van der Waals surface area contributed by atoms with E-state index in [9.17, 15) is 4.79 Å². The minimum Gasteiger partial charge on any atom is -0.374 e. The quantitative estimate of drug-likeness (QED) is 0.780. The molecular weight excluding hydrogens is 252 g/mol. The molecule has 1 saturated carbocycles. The summed E-state index contributed by atoms with van der Waals surface area (Å²) in [5.41, 5.74) is 2.26. The van der Waals surface area contributed by atoms with E-state index in [0.717, 1.165) is 49.8 Å². The van der Waals surface area contributed by atoms with E-state index in [1.54, 1.807) is 6.20 Å². The Morgan fingerprint density at radius 3 is 2.65 bits per heavy atom. The summed E-state index contributed by atoms with van der Waals surface area (Å²) < 4.78 is 8.02. The highest BCUT2D eigenvalue weighted by molar-refractivity contribution is 5.76. The van der Waals surface area contributed by atoms with Gasteiger partial charge in [0.05, 0.1) is 29.7 Å². The summed E-state index contributed by atoms with van der Waals surface area (Å²) in [5.74, 6) is 0.445. The van der Waals surface area contributed by atoms with Crippen LogP contribution in [0.25, 0.3) is 0 Å². The van der Waals surface area contributed by atoms with Crippen LogP contribution < -0.4 is 0 Å². The van der Waals surface area contributed by atoms with Gasteiger partial charge in [0.15, 0.2) is 6.29 Å². The third-order valence-electron chi connectivity index (χ3n) is 4.99. The Kier molecular flexibility index (Phi) is 3.24. The fraction of sp³-hybridized carbons (Fsp3) is 0.750. The maximum Gasteiger partial charge on any atom is 0.153 e. The van der Waals surface area contributed by atoms with Crippen molar-refractivity contribution in [3.63, 3.8) is 0 Å². The molecule has 20 heavy (non-hydrogen) atoms. The summed E-state index contributed by atoms with van der Waals surface area (Å²) in [4.78, 5) is 11.1. The lowest BCUT2D eigenvalue weighted by Gasteiger charge is -2.37. The normalized spacial score (nSPS) is 32.6. The molecule has 2 heterocycles. The highest BCUT2D eigenvalue weighted by atomic mass is 16.5. The SMILES string of the molecule is Cn1ncc(C=O)c1C1CCC2(CC1)CC(C)(C)CO2. The van der Waals surface area contributed by atoms with E-state index in [1.165, 1.54) is 6.42 Å². The molecule has 110 valence electrons. The van der Waals surface area contributed by atoms with Gasteiger partial charge in [0.2, 0.25) is 0 Å². The van der Waals surface area contributed by atoms with Gasteiger partial charge in [-0.15, -0.1) is 0 Å².